The number of nitrogens with one attached hydrogen (secondary N) is 2. The van der Waals surface area contributed by atoms with Crippen LogP contribution in [0.15, 0.2) is 89.5 Å². The topological polar surface area (TPSA) is 192 Å². The first kappa shape index (κ1) is 117. The van der Waals surface area contributed by atoms with Crippen molar-refractivity contribution in [2.24, 2.45) is 66.6 Å². The second kappa shape index (κ2) is 39.3. The maximum atomic E-state index is 13.0. The normalized spacial score (nSPS) is 17.4. The molecule has 4 aromatic heterocycles. The number of H-pyrrole nitrogens is 2. The fourth-order valence-electron chi connectivity index (χ4n) is 14.8. The third-order valence-corrected chi connectivity index (χ3v) is 20.2. The minimum Gasteiger partial charge on any atom is -0.497 e. The average molecular weight is 1760 g/mol. The number of aromatic amines is 2. The van der Waals surface area contributed by atoms with Crippen molar-refractivity contribution in [3.63, 3.8) is 0 Å². The number of ether oxygens (including phenoxy) is 8. The summed E-state index contributed by atoms with van der Waals surface area (Å²) in [5.74, 6) is 7.86. The van der Waals surface area contributed by atoms with Crippen LogP contribution in [0.5, 0.6) is 0 Å². The van der Waals surface area contributed by atoms with Crippen molar-refractivity contribution in [2.45, 2.75) is 463 Å². The van der Waals surface area contributed by atoms with Gasteiger partial charge >= 0.3 is 12.1 Å². The minimum atomic E-state index is -3.52. The number of hydrogen-bond acceptors (Lipinski definition) is 14. The lowest BCUT2D eigenvalue weighted by Gasteiger charge is -2.33. The van der Waals surface area contributed by atoms with Crippen LogP contribution in [0.4, 0.5) is 8.78 Å². The fraction of sp³-hybridized carbons (Fsp3) is 0.792. The monoisotopic (exact) mass is 1760 g/mol. The molecular weight excluding hydrogens is 1570 g/mol. The molecule has 19 heteroatoms. The van der Waals surface area contributed by atoms with Crippen LogP contribution in [0, 0.1) is 59.6 Å². The van der Waals surface area contributed by atoms with E-state index in [1.807, 2.05) is 87.9 Å². The van der Waals surface area contributed by atoms with E-state index in [4.69, 9.17) is 37.3 Å². The van der Waals surface area contributed by atoms with Crippen LogP contribution in [-0.4, -0.2) is 62.0 Å². The van der Waals surface area contributed by atoms with E-state index >= 15 is 0 Å². The highest BCUT2D eigenvalue weighted by Gasteiger charge is 2.52. The molecule has 0 aromatic carbocycles. The van der Waals surface area contributed by atoms with E-state index in [0.717, 1.165) is 65.6 Å². The van der Waals surface area contributed by atoms with Gasteiger partial charge in [-0.25, -0.2) is 9.78 Å². The third-order valence-electron chi connectivity index (χ3n) is 20.2. The molecule has 9 rings (SSSR count). The van der Waals surface area contributed by atoms with Gasteiger partial charge in [-0.1, -0.05) is 393 Å². The van der Waals surface area contributed by atoms with E-state index in [2.05, 4.69) is 366 Å². The molecule has 0 spiro atoms. The molecule has 0 saturated carbocycles. The third kappa shape index (κ3) is 35.4. The van der Waals surface area contributed by atoms with E-state index < -0.39 is 22.9 Å². The van der Waals surface area contributed by atoms with Crippen molar-refractivity contribution in [3.8, 4) is 0 Å². The molecule has 0 saturated heterocycles. The fourth-order valence-corrected chi connectivity index (χ4v) is 14.8. The number of nitrogens with zero attached hydrogens (tertiary/aromatic N) is 4. The molecule has 0 aliphatic carbocycles. The van der Waals surface area contributed by atoms with Gasteiger partial charge in [-0.05, 0) is 39.0 Å². The van der Waals surface area contributed by atoms with Crippen molar-refractivity contribution in [3.05, 3.63) is 132 Å². The highest BCUT2D eigenvalue weighted by Crippen LogP contribution is 2.53. The molecule has 724 valence electrons. The maximum absolute atomic E-state index is 13.0. The number of oxazole rings is 1. The molecule has 0 atom stereocenters. The SMILES string of the molecule is CC(C)(C)C1=C(C(C)(C)C)C(C)(C)CO1.CC(C)(C)C1=C(C(C)(C)C)OC(F)(F)O1.CC(C)(C)C1=C(C(C)(C)C)OCC1.CC(C)(C)C1=C(C(C)(C)C)OCO1.CC(C)(C)c1[nH]c(=O)oc1C(C)(C)C.CC(C)(C)c1ccoc1C(C)(C)C.CC(C)(C)c1nc[nH]c1C(C)(C)C.CC1(C)OC(C(C)(C)C)=C(C(C)(C)C)O1.Cn1nnc(C(C)(C)C)c1C(C)(C)C. The lowest BCUT2D eigenvalue weighted by Crippen LogP contribution is -2.26. The Hall–Kier alpha value is -6.40. The highest BCUT2D eigenvalue weighted by molar-refractivity contribution is 5.33. The summed E-state index contributed by atoms with van der Waals surface area (Å²) in [6.45, 7) is 126. The van der Waals surface area contributed by atoms with E-state index in [-0.39, 0.29) is 109 Å². The molecule has 0 unspecified atom stereocenters. The predicted octanol–water partition coefficient (Wildman–Crippen LogP) is 31.2. The summed E-state index contributed by atoms with van der Waals surface area (Å²) in [4.78, 5) is 21.6. The molecular formula is C106H190F2N6O11. The van der Waals surface area contributed by atoms with Gasteiger partial charge in [-0.15, -0.1) is 13.9 Å². The number of hydrogen-bond donors (Lipinski definition) is 2. The highest BCUT2D eigenvalue weighted by atomic mass is 19.3. The summed E-state index contributed by atoms with van der Waals surface area (Å²) in [6, 6.07) is 2.08. The summed E-state index contributed by atoms with van der Waals surface area (Å²) in [5.41, 5.74) is 10.5. The van der Waals surface area contributed by atoms with Gasteiger partial charge in [0.1, 0.15) is 46.1 Å². The predicted molar refractivity (Wildman–Crippen MR) is 518 cm³/mol. The van der Waals surface area contributed by atoms with Gasteiger partial charge in [-0.3, -0.25) is 9.67 Å². The summed E-state index contributed by atoms with van der Waals surface area (Å²) < 4.78 is 82.4. The van der Waals surface area contributed by atoms with E-state index in [0.29, 0.717) is 6.79 Å². The van der Waals surface area contributed by atoms with Crippen molar-refractivity contribution < 1.29 is 55.5 Å². The number of allylic oxidation sites excluding steroid dienone is 8. The molecule has 4 aromatic rings. The molecule has 2 N–H and O–H groups in total. The van der Waals surface area contributed by atoms with Crippen LogP contribution < -0.4 is 5.76 Å². The number of rotatable bonds is 0. The smallest absolute Gasteiger partial charge is 0.497 e. The number of aromatic nitrogens is 6. The standard InChI is InChI=1S/C14H26O.C13H24O2.C12H22O.C12H20O.C11H18F2O2.C11H21N3.C11H20N2.C11H19NO2.C11H20O2/c1-12(2,3)10-11(13(4,5)6)15-9-14(10,7)8;1-11(2,3)9-10(12(4,5)6)15-13(7,8)14-9;2*1-11(2,3)9-7-8-13-10(9)12(4,5)6;1-9(2,3)7-8(10(4,5)6)15-11(12,13)14-7;1-10(2,3)8-9(11(4,5)6)14(7)13-12-8;1-10(2,3)8-9(11(4,5)6)13-7-12-8;1-10(2,3)7-8(11(4,5)6)14-9(13)12-7;1-10(2,3)8-9(11(4,5)6)13-7-12-8/h9H2,1-8H3;1-8H3;7-8H2,1-6H3;7-8H,1-6H3;1-6H3;1-7H3;7H,1-6H3,(H,12,13);1-6H3,(H,12,13);7H2,1-6H3. The van der Waals surface area contributed by atoms with Gasteiger partial charge in [0.15, 0.2) is 11.5 Å². The van der Waals surface area contributed by atoms with Crippen molar-refractivity contribution in [1.29, 1.82) is 0 Å². The van der Waals surface area contributed by atoms with Crippen LogP contribution in [0.1, 0.15) is 454 Å². The van der Waals surface area contributed by atoms with Crippen molar-refractivity contribution >= 4 is 0 Å². The molecule has 0 fully saturated rings. The molecule has 9 heterocycles. The average Bonchev–Trinajstić information content (AvgIpc) is 1.62. The summed E-state index contributed by atoms with van der Waals surface area (Å²) >= 11 is 0. The Morgan fingerprint density at radius 1 is 0.376 bits per heavy atom. The largest absolute Gasteiger partial charge is 0.585 e. The number of alkyl halides is 2. The lowest BCUT2D eigenvalue weighted by molar-refractivity contribution is -0.342. The number of halogens is 2. The van der Waals surface area contributed by atoms with Crippen LogP contribution in [0.25, 0.3) is 0 Å². The quantitative estimate of drug-likeness (QED) is 0.169. The first-order valence-electron chi connectivity index (χ1n) is 45.7. The van der Waals surface area contributed by atoms with Gasteiger partial charge in [0.2, 0.25) is 12.6 Å². The van der Waals surface area contributed by atoms with Gasteiger partial charge in [-0.2, -0.15) is 0 Å². The Morgan fingerprint density at radius 3 is 1.01 bits per heavy atom. The molecule has 17 nitrogen and oxygen atoms in total. The van der Waals surface area contributed by atoms with Crippen LogP contribution in [-0.2, 0) is 88.3 Å². The zero-order valence-corrected chi connectivity index (χ0v) is 91.6. The Kier molecular flexibility index (Phi) is 36.7. The van der Waals surface area contributed by atoms with Crippen LogP contribution in [0.2, 0.25) is 0 Å². The Labute approximate surface area is 763 Å². The zero-order chi connectivity index (χ0) is 99.6. The Balaban J connectivity index is 0.000000704. The van der Waals surface area contributed by atoms with Crippen molar-refractivity contribution in [2.75, 3.05) is 20.0 Å². The summed E-state index contributed by atoms with van der Waals surface area (Å²) in [6.07, 6.45) is 1.17. The van der Waals surface area contributed by atoms with Crippen LogP contribution >= 0.6 is 0 Å². The Bertz CT molecular complexity index is 3980. The molecule has 0 bridgehead atoms. The molecule has 5 aliphatic rings. The molecule has 0 amide bonds. The van der Waals surface area contributed by atoms with Gasteiger partial charge in [0, 0.05) is 120 Å². The van der Waals surface area contributed by atoms with Gasteiger partial charge in [0.05, 0.1) is 48.6 Å². The van der Waals surface area contributed by atoms with Crippen molar-refractivity contribution in [1.82, 2.24) is 29.9 Å². The molecule has 125 heavy (non-hydrogen) atoms. The van der Waals surface area contributed by atoms with Crippen LogP contribution in [0.3, 0.4) is 0 Å². The van der Waals surface area contributed by atoms with E-state index in [9.17, 15) is 13.6 Å². The number of aryl methyl sites for hydroxylation is 1. The van der Waals surface area contributed by atoms with Gasteiger partial charge < -0.3 is 51.7 Å². The molecule has 0 radical (unpaired) electrons. The lowest BCUT2D eigenvalue weighted by atomic mass is 9.69. The summed E-state index contributed by atoms with van der Waals surface area (Å²) in [7, 11) is 1.96. The first-order chi connectivity index (χ1) is 54.5. The van der Waals surface area contributed by atoms with Gasteiger partial charge in [0.25, 0.3) is 0 Å². The van der Waals surface area contributed by atoms with E-state index in [1.54, 1.807) is 12.6 Å². The summed E-state index contributed by atoms with van der Waals surface area (Å²) in [5, 5.41) is 8.38. The number of furan rings is 1. The second-order valence-electron chi connectivity index (χ2n) is 54.4. The number of imidazole rings is 1. The zero-order valence-electron chi connectivity index (χ0n) is 91.6. The van der Waals surface area contributed by atoms with E-state index in [1.165, 1.54) is 45.3 Å². The maximum Gasteiger partial charge on any atom is 0.585 e. The Morgan fingerprint density at radius 2 is 0.744 bits per heavy atom. The minimum absolute atomic E-state index is 0.00359. The first-order valence-corrected chi connectivity index (χ1v) is 45.7. The second-order valence-corrected chi connectivity index (χ2v) is 54.4. The molecule has 5 aliphatic heterocycles.